The maximum atomic E-state index is 6.35. The zero-order valence-corrected chi connectivity index (χ0v) is 16.9. The molecule has 0 aliphatic carbocycles. The summed E-state index contributed by atoms with van der Waals surface area (Å²) in [5, 5.41) is 5.70. The van der Waals surface area contributed by atoms with Gasteiger partial charge in [0, 0.05) is 26.9 Å². The van der Waals surface area contributed by atoms with Gasteiger partial charge in [0.15, 0.2) is 0 Å². The molecule has 6 aromatic rings. The molecule has 30 heavy (non-hydrogen) atoms. The minimum atomic E-state index is 0.746. The Kier molecular flexibility index (Phi) is 3.90. The van der Waals surface area contributed by atoms with E-state index >= 15 is 0 Å². The van der Waals surface area contributed by atoms with E-state index in [1.807, 2.05) is 18.2 Å². The molecule has 0 aliphatic heterocycles. The van der Waals surface area contributed by atoms with Gasteiger partial charge >= 0.3 is 0 Å². The summed E-state index contributed by atoms with van der Waals surface area (Å²) in [4.78, 5) is 3.67. The molecule has 0 aliphatic rings. The van der Waals surface area contributed by atoms with Crippen molar-refractivity contribution >= 4 is 44.2 Å². The predicted molar refractivity (Wildman–Crippen MR) is 129 cm³/mol. The second kappa shape index (κ2) is 6.76. The number of fused-ring (bicyclic) bond motifs is 4. The van der Waals surface area contributed by atoms with Gasteiger partial charge in [-0.15, -0.1) is 0 Å². The first kappa shape index (κ1) is 17.3. The van der Waals surface area contributed by atoms with E-state index < -0.39 is 0 Å². The van der Waals surface area contributed by atoms with Crippen molar-refractivity contribution < 1.29 is 0 Å². The lowest BCUT2D eigenvalue weighted by Gasteiger charge is -2.15. The Hall–Kier alpha value is -3.55. The Labute approximate surface area is 179 Å². The van der Waals surface area contributed by atoms with Crippen LogP contribution in [0.2, 0.25) is 5.02 Å². The number of hydrogen-bond acceptors (Lipinski definition) is 0. The summed E-state index contributed by atoms with van der Waals surface area (Å²) in [6.45, 7) is 0. The summed E-state index contributed by atoms with van der Waals surface area (Å²) in [6.07, 6.45) is 0. The van der Waals surface area contributed by atoms with Gasteiger partial charge in [-0.05, 0) is 45.7 Å². The van der Waals surface area contributed by atoms with Crippen molar-refractivity contribution in [1.82, 2.24) is 4.98 Å². The summed E-state index contributed by atoms with van der Waals surface area (Å²) in [7, 11) is 0. The van der Waals surface area contributed by atoms with Crippen LogP contribution in [0.4, 0.5) is 0 Å². The SMILES string of the molecule is Clc1cccc(-c2ccc3ccccc3c2-c2cccc3c2[nH]c2ccccc23)c1. The number of H-pyrrole nitrogens is 1. The van der Waals surface area contributed by atoms with E-state index in [0.29, 0.717) is 0 Å². The number of halogens is 1. The molecular weight excluding hydrogens is 386 g/mol. The Morgan fingerprint density at radius 3 is 2.23 bits per heavy atom. The van der Waals surface area contributed by atoms with Crippen molar-refractivity contribution in [2.24, 2.45) is 0 Å². The predicted octanol–water partition coefficient (Wildman–Crippen LogP) is 8.46. The number of rotatable bonds is 2. The smallest absolute Gasteiger partial charge is 0.0544 e. The highest BCUT2D eigenvalue weighted by Crippen LogP contribution is 2.42. The standard InChI is InChI=1S/C28H18ClN/c29-20-9-5-8-19(17-20)22-16-15-18-7-1-2-10-21(18)27(22)25-13-6-12-24-23-11-3-4-14-26(23)30-28(24)25/h1-17,30H. The van der Waals surface area contributed by atoms with E-state index in [0.717, 1.165) is 16.1 Å². The topological polar surface area (TPSA) is 15.8 Å². The average Bonchev–Trinajstić information content (AvgIpc) is 3.17. The molecule has 1 nitrogen and oxygen atoms in total. The van der Waals surface area contributed by atoms with Gasteiger partial charge in [-0.3, -0.25) is 0 Å². The Morgan fingerprint density at radius 1 is 0.567 bits per heavy atom. The van der Waals surface area contributed by atoms with Crippen LogP contribution >= 0.6 is 11.6 Å². The molecule has 6 rings (SSSR count). The van der Waals surface area contributed by atoms with E-state index in [2.05, 4.69) is 89.9 Å². The van der Waals surface area contributed by atoms with Gasteiger partial charge < -0.3 is 4.98 Å². The third-order valence-corrected chi connectivity index (χ3v) is 6.11. The minimum absolute atomic E-state index is 0.746. The highest BCUT2D eigenvalue weighted by Gasteiger charge is 2.16. The van der Waals surface area contributed by atoms with E-state index in [9.17, 15) is 0 Å². The lowest BCUT2D eigenvalue weighted by molar-refractivity contribution is 1.54. The molecule has 0 spiro atoms. The third kappa shape index (κ3) is 2.63. The normalized spacial score (nSPS) is 11.5. The molecule has 0 saturated carbocycles. The van der Waals surface area contributed by atoms with Gasteiger partial charge in [0.05, 0.1) is 5.52 Å². The van der Waals surface area contributed by atoms with E-state index in [4.69, 9.17) is 11.6 Å². The summed E-state index contributed by atoms with van der Waals surface area (Å²) >= 11 is 6.35. The summed E-state index contributed by atoms with van der Waals surface area (Å²) in [6, 6.07) is 36.2. The van der Waals surface area contributed by atoms with Crippen LogP contribution in [0.1, 0.15) is 0 Å². The maximum absolute atomic E-state index is 6.35. The van der Waals surface area contributed by atoms with Crippen LogP contribution in [0.3, 0.4) is 0 Å². The number of aromatic nitrogens is 1. The average molecular weight is 404 g/mol. The van der Waals surface area contributed by atoms with E-state index in [-0.39, 0.29) is 0 Å². The molecular formula is C28H18ClN. The van der Waals surface area contributed by atoms with Gasteiger partial charge in [-0.1, -0.05) is 96.5 Å². The highest BCUT2D eigenvalue weighted by atomic mass is 35.5. The van der Waals surface area contributed by atoms with Crippen molar-refractivity contribution in [3.8, 4) is 22.3 Å². The Bertz CT molecular complexity index is 1560. The highest BCUT2D eigenvalue weighted by molar-refractivity contribution is 6.31. The fourth-order valence-corrected chi connectivity index (χ4v) is 4.73. The number of para-hydroxylation sites is 2. The number of hydrogen-bond donors (Lipinski definition) is 1. The van der Waals surface area contributed by atoms with Gasteiger partial charge in [-0.2, -0.15) is 0 Å². The van der Waals surface area contributed by atoms with Crippen molar-refractivity contribution in [2.45, 2.75) is 0 Å². The summed E-state index contributed by atoms with van der Waals surface area (Å²) < 4.78 is 0. The molecule has 0 amide bonds. The number of nitrogens with one attached hydrogen (secondary N) is 1. The van der Waals surface area contributed by atoms with Crippen LogP contribution in [-0.2, 0) is 0 Å². The van der Waals surface area contributed by atoms with Crippen molar-refractivity contribution in [2.75, 3.05) is 0 Å². The molecule has 1 heterocycles. The van der Waals surface area contributed by atoms with Crippen molar-refractivity contribution in [3.05, 3.63) is 108 Å². The van der Waals surface area contributed by atoms with Crippen molar-refractivity contribution in [3.63, 3.8) is 0 Å². The van der Waals surface area contributed by atoms with Crippen LogP contribution in [0, 0.1) is 0 Å². The zero-order chi connectivity index (χ0) is 20.1. The van der Waals surface area contributed by atoms with Gasteiger partial charge in [0.25, 0.3) is 0 Å². The third-order valence-electron chi connectivity index (χ3n) is 5.88. The van der Waals surface area contributed by atoms with Crippen LogP contribution in [0.5, 0.6) is 0 Å². The molecule has 142 valence electrons. The van der Waals surface area contributed by atoms with Crippen LogP contribution in [0.25, 0.3) is 54.8 Å². The van der Waals surface area contributed by atoms with Crippen LogP contribution < -0.4 is 0 Å². The number of aromatic amines is 1. The lowest BCUT2D eigenvalue weighted by atomic mass is 9.89. The first-order valence-corrected chi connectivity index (χ1v) is 10.4. The molecule has 0 bridgehead atoms. The molecule has 1 N–H and O–H groups in total. The molecule has 0 unspecified atom stereocenters. The van der Waals surface area contributed by atoms with E-state index in [1.54, 1.807) is 0 Å². The molecule has 0 atom stereocenters. The number of benzene rings is 5. The second-order valence-corrected chi connectivity index (χ2v) is 8.05. The van der Waals surface area contributed by atoms with Gasteiger partial charge in [-0.25, -0.2) is 0 Å². The summed E-state index contributed by atoms with van der Waals surface area (Å²) in [5.74, 6) is 0. The molecule has 5 aromatic carbocycles. The van der Waals surface area contributed by atoms with Gasteiger partial charge in [0.1, 0.15) is 0 Å². The Morgan fingerprint density at radius 2 is 1.33 bits per heavy atom. The molecule has 0 radical (unpaired) electrons. The van der Waals surface area contributed by atoms with Gasteiger partial charge in [0.2, 0.25) is 0 Å². The monoisotopic (exact) mass is 403 g/mol. The molecule has 2 heteroatoms. The zero-order valence-electron chi connectivity index (χ0n) is 16.2. The maximum Gasteiger partial charge on any atom is 0.0544 e. The summed E-state index contributed by atoms with van der Waals surface area (Å²) in [5.41, 5.74) is 7.06. The fourth-order valence-electron chi connectivity index (χ4n) is 4.54. The molecule has 0 fully saturated rings. The second-order valence-electron chi connectivity index (χ2n) is 7.62. The first-order valence-electron chi connectivity index (χ1n) is 10.1. The largest absolute Gasteiger partial charge is 0.354 e. The lowest BCUT2D eigenvalue weighted by Crippen LogP contribution is -1.89. The minimum Gasteiger partial charge on any atom is -0.354 e. The quantitative estimate of drug-likeness (QED) is 0.298. The molecule has 0 saturated heterocycles. The van der Waals surface area contributed by atoms with E-state index in [1.165, 1.54) is 43.8 Å². The van der Waals surface area contributed by atoms with Crippen molar-refractivity contribution in [1.29, 1.82) is 0 Å². The Balaban J connectivity index is 1.77. The first-order chi connectivity index (χ1) is 14.8. The molecule has 1 aromatic heterocycles. The fraction of sp³-hybridized carbons (Fsp3) is 0. The van der Waals surface area contributed by atoms with Crippen LogP contribution in [-0.4, -0.2) is 4.98 Å². The van der Waals surface area contributed by atoms with Crippen LogP contribution in [0.15, 0.2) is 103 Å².